The minimum absolute atomic E-state index is 0.112. The molecule has 6 heteroatoms. The van der Waals surface area contributed by atoms with Gasteiger partial charge in [-0.3, -0.25) is 4.79 Å². The van der Waals surface area contributed by atoms with Gasteiger partial charge in [0.2, 0.25) is 15.9 Å². The molecule has 4 rings (SSSR count). The monoisotopic (exact) mass is 334 g/mol. The highest BCUT2D eigenvalue weighted by molar-refractivity contribution is 7.89. The third-order valence-corrected chi connectivity index (χ3v) is 6.96. The highest BCUT2D eigenvalue weighted by atomic mass is 32.2. The zero-order chi connectivity index (χ0) is 16.0. The molecule has 2 saturated carbocycles. The maximum absolute atomic E-state index is 12.5. The topological polar surface area (TPSA) is 66.5 Å². The van der Waals surface area contributed by atoms with Crippen LogP contribution in [0.2, 0.25) is 0 Å². The molecule has 23 heavy (non-hydrogen) atoms. The van der Waals surface area contributed by atoms with Gasteiger partial charge in [-0.1, -0.05) is 12.8 Å². The SMILES string of the molecule is O=C1CCCN1c1ccc(S(=O)(=O)NC2[C@H]3CCCC[C@H]23)cc1. The third-order valence-electron chi connectivity index (χ3n) is 5.48. The first-order valence-electron chi connectivity index (χ1n) is 8.49. The molecule has 1 amide bonds. The summed E-state index contributed by atoms with van der Waals surface area (Å²) in [5.41, 5.74) is 0.784. The Hall–Kier alpha value is -1.40. The fourth-order valence-electron chi connectivity index (χ4n) is 4.14. The van der Waals surface area contributed by atoms with Crippen molar-refractivity contribution >= 4 is 21.6 Å². The fraction of sp³-hybridized carbons (Fsp3) is 0.588. The number of hydrogen-bond donors (Lipinski definition) is 1. The van der Waals surface area contributed by atoms with E-state index in [9.17, 15) is 13.2 Å². The lowest BCUT2D eigenvalue weighted by atomic mass is 10.0. The highest BCUT2D eigenvalue weighted by Gasteiger charge is 2.52. The van der Waals surface area contributed by atoms with Gasteiger partial charge in [-0.05, 0) is 55.4 Å². The van der Waals surface area contributed by atoms with Gasteiger partial charge in [-0.25, -0.2) is 13.1 Å². The summed E-state index contributed by atoms with van der Waals surface area (Å²) in [6.45, 7) is 0.717. The summed E-state index contributed by atoms with van der Waals surface area (Å²) >= 11 is 0. The number of rotatable bonds is 4. The predicted octanol–water partition coefficient (Wildman–Crippen LogP) is 2.28. The first-order chi connectivity index (χ1) is 11.1. The Morgan fingerprint density at radius 1 is 1.00 bits per heavy atom. The quantitative estimate of drug-likeness (QED) is 0.918. The van der Waals surface area contributed by atoms with Crippen LogP contribution in [0.25, 0.3) is 0 Å². The van der Waals surface area contributed by atoms with E-state index in [0.717, 1.165) is 24.9 Å². The van der Waals surface area contributed by atoms with Crippen LogP contribution in [-0.4, -0.2) is 26.9 Å². The van der Waals surface area contributed by atoms with E-state index in [1.165, 1.54) is 12.8 Å². The summed E-state index contributed by atoms with van der Waals surface area (Å²) < 4.78 is 27.9. The number of carbonyl (C=O) groups excluding carboxylic acids is 1. The lowest BCUT2D eigenvalue weighted by Gasteiger charge is -2.16. The van der Waals surface area contributed by atoms with Crippen molar-refractivity contribution in [2.45, 2.75) is 49.5 Å². The Balaban J connectivity index is 1.47. The van der Waals surface area contributed by atoms with Crippen LogP contribution in [0.15, 0.2) is 29.2 Å². The van der Waals surface area contributed by atoms with Crippen molar-refractivity contribution in [2.24, 2.45) is 11.8 Å². The van der Waals surface area contributed by atoms with Crippen LogP contribution in [0.1, 0.15) is 38.5 Å². The van der Waals surface area contributed by atoms with E-state index in [1.54, 1.807) is 29.2 Å². The Bertz CT molecular complexity index is 702. The average molecular weight is 334 g/mol. The summed E-state index contributed by atoms with van der Waals surface area (Å²) in [6, 6.07) is 6.81. The van der Waals surface area contributed by atoms with Crippen LogP contribution < -0.4 is 9.62 Å². The largest absolute Gasteiger partial charge is 0.312 e. The Labute approximate surface area is 137 Å². The Morgan fingerprint density at radius 3 is 2.22 bits per heavy atom. The van der Waals surface area contributed by atoms with Crippen molar-refractivity contribution in [3.63, 3.8) is 0 Å². The summed E-state index contributed by atoms with van der Waals surface area (Å²) in [5, 5.41) is 0. The molecule has 124 valence electrons. The van der Waals surface area contributed by atoms with Crippen LogP contribution in [0.5, 0.6) is 0 Å². The smallest absolute Gasteiger partial charge is 0.240 e. The molecule has 3 aliphatic rings. The van der Waals surface area contributed by atoms with Crippen LogP contribution >= 0.6 is 0 Å². The van der Waals surface area contributed by atoms with Gasteiger partial charge in [-0.15, -0.1) is 0 Å². The second-order valence-electron chi connectivity index (χ2n) is 6.90. The van der Waals surface area contributed by atoms with Gasteiger partial charge in [-0.2, -0.15) is 0 Å². The Kier molecular flexibility index (Phi) is 3.69. The van der Waals surface area contributed by atoms with Crippen LogP contribution in [0, 0.1) is 11.8 Å². The number of nitrogens with zero attached hydrogens (tertiary/aromatic N) is 1. The molecule has 0 aromatic heterocycles. The van der Waals surface area contributed by atoms with Crippen molar-refractivity contribution < 1.29 is 13.2 Å². The lowest BCUT2D eigenvalue weighted by Crippen LogP contribution is -2.28. The fourth-order valence-corrected chi connectivity index (χ4v) is 5.48. The molecule has 0 radical (unpaired) electrons. The van der Waals surface area contributed by atoms with E-state index in [1.807, 2.05) is 0 Å². The molecule has 0 bridgehead atoms. The van der Waals surface area contributed by atoms with Crippen molar-refractivity contribution in [3.8, 4) is 0 Å². The molecule has 1 saturated heterocycles. The zero-order valence-corrected chi connectivity index (χ0v) is 13.9. The number of anilines is 1. The van der Waals surface area contributed by atoms with E-state index >= 15 is 0 Å². The number of sulfonamides is 1. The van der Waals surface area contributed by atoms with Gasteiger partial charge < -0.3 is 4.90 Å². The van der Waals surface area contributed by atoms with Gasteiger partial charge in [0.1, 0.15) is 0 Å². The normalized spacial score (nSPS) is 30.3. The number of carbonyl (C=O) groups is 1. The van der Waals surface area contributed by atoms with E-state index in [-0.39, 0.29) is 16.8 Å². The molecule has 1 aromatic rings. The number of benzene rings is 1. The van der Waals surface area contributed by atoms with Crippen molar-refractivity contribution in [2.75, 3.05) is 11.4 Å². The molecule has 2 atom stereocenters. The van der Waals surface area contributed by atoms with Crippen molar-refractivity contribution in [1.29, 1.82) is 0 Å². The van der Waals surface area contributed by atoms with Crippen LogP contribution in [-0.2, 0) is 14.8 Å². The first-order valence-corrected chi connectivity index (χ1v) is 9.97. The minimum Gasteiger partial charge on any atom is -0.312 e. The number of amides is 1. The van der Waals surface area contributed by atoms with Gasteiger partial charge in [0.15, 0.2) is 0 Å². The molecule has 1 N–H and O–H groups in total. The van der Waals surface area contributed by atoms with Crippen LogP contribution in [0.4, 0.5) is 5.69 Å². The van der Waals surface area contributed by atoms with Crippen LogP contribution in [0.3, 0.4) is 0 Å². The third kappa shape index (κ3) is 2.78. The first kappa shape index (κ1) is 15.1. The minimum atomic E-state index is -3.46. The molecule has 3 fully saturated rings. The second-order valence-corrected chi connectivity index (χ2v) is 8.62. The van der Waals surface area contributed by atoms with Crippen molar-refractivity contribution in [3.05, 3.63) is 24.3 Å². The van der Waals surface area contributed by atoms with E-state index in [2.05, 4.69) is 4.72 Å². The number of fused-ring (bicyclic) bond motifs is 1. The summed E-state index contributed by atoms with van der Waals surface area (Å²) in [7, 11) is -3.46. The zero-order valence-electron chi connectivity index (χ0n) is 13.1. The standard InChI is InChI=1S/C17H22N2O3S/c20-16-6-3-11-19(16)12-7-9-13(10-8-12)23(21,22)18-17-14-4-1-2-5-15(14)17/h7-10,14-15,17-18H,1-6,11H2/t14-,15-/m0/s1. The highest BCUT2D eigenvalue weighted by Crippen LogP contribution is 2.50. The van der Waals surface area contributed by atoms with Gasteiger partial charge in [0, 0.05) is 24.7 Å². The number of hydrogen-bond acceptors (Lipinski definition) is 3. The summed E-state index contributed by atoms with van der Waals surface area (Å²) in [5.74, 6) is 1.20. The van der Waals surface area contributed by atoms with Gasteiger partial charge in [0.25, 0.3) is 0 Å². The lowest BCUT2D eigenvalue weighted by molar-refractivity contribution is -0.117. The molecule has 0 unspecified atom stereocenters. The second kappa shape index (κ2) is 5.60. The summed E-state index contributed by atoms with van der Waals surface area (Å²) in [4.78, 5) is 13.8. The molecule has 5 nitrogen and oxygen atoms in total. The van der Waals surface area contributed by atoms with E-state index in [4.69, 9.17) is 0 Å². The molecule has 1 aromatic carbocycles. The summed E-state index contributed by atoms with van der Waals surface area (Å²) in [6.07, 6.45) is 6.18. The molecular formula is C17H22N2O3S. The maximum atomic E-state index is 12.5. The van der Waals surface area contributed by atoms with Gasteiger partial charge in [0.05, 0.1) is 4.90 Å². The molecular weight excluding hydrogens is 312 g/mol. The predicted molar refractivity (Wildman–Crippen MR) is 87.6 cm³/mol. The molecule has 1 aliphatic heterocycles. The van der Waals surface area contributed by atoms with Gasteiger partial charge >= 0.3 is 0 Å². The number of nitrogens with one attached hydrogen (secondary N) is 1. The molecule has 2 aliphatic carbocycles. The Morgan fingerprint density at radius 2 is 1.65 bits per heavy atom. The maximum Gasteiger partial charge on any atom is 0.240 e. The van der Waals surface area contributed by atoms with Crippen molar-refractivity contribution in [1.82, 2.24) is 4.72 Å². The average Bonchev–Trinajstić information content (AvgIpc) is 3.05. The van der Waals surface area contributed by atoms with E-state index in [0.29, 0.717) is 24.8 Å². The van der Waals surface area contributed by atoms with E-state index < -0.39 is 10.0 Å². The molecule has 1 heterocycles. The molecule has 0 spiro atoms.